The summed E-state index contributed by atoms with van der Waals surface area (Å²) < 4.78 is 0. The second kappa shape index (κ2) is 8.36. The Labute approximate surface area is 141 Å². The molecule has 1 saturated heterocycles. The summed E-state index contributed by atoms with van der Waals surface area (Å²) in [5, 5.41) is 12.4. The maximum atomic E-state index is 12.0. The van der Waals surface area contributed by atoms with E-state index in [1.165, 1.54) is 0 Å². The summed E-state index contributed by atoms with van der Waals surface area (Å²) in [6.45, 7) is 3.45. The SMILES string of the molecule is Cc1ccc(NC(=O)CN2CCC(C(=O)O)CC2)cc1Cl.Cl. The number of halogens is 2. The fourth-order valence-corrected chi connectivity index (χ4v) is 2.59. The number of nitrogens with one attached hydrogen (secondary N) is 1. The van der Waals surface area contributed by atoms with Gasteiger partial charge in [-0.25, -0.2) is 0 Å². The standard InChI is InChI=1S/C15H19ClN2O3.ClH/c1-10-2-3-12(8-13(10)16)17-14(19)9-18-6-4-11(5-7-18)15(20)21;/h2-3,8,11H,4-7,9H2,1H3,(H,17,19)(H,20,21);1H. The number of carbonyl (C=O) groups excluding carboxylic acids is 1. The lowest BCUT2D eigenvalue weighted by Gasteiger charge is -2.29. The predicted molar refractivity (Wildman–Crippen MR) is 88.9 cm³/mol. The van der Waals surface area contributed by atoms with Crippen LogP contribution < -0.4 is 5.32 Å². The van der Waals surface area contributed by atoms with E-state index in [9.17, 15) is 9.59 Å². The summed E-state index contributed by atoms with van der Waals surface area (Å²) in [7, 11) is 0. The van der Waals surface area contributed by atoms with Crippen molar-refractivity contribution in [3.63, 3.8) is 0 Å². The van der Waals surface area contributed by atoms with Crippen LogP contribution in [-0.4, -0.2) is 41.5 Å². The third-order valence-corrected chi connectivity index (χ3v) is 4.17. The molecule has 0 aliphatic carbocycles. The molecule has 0 atom stereocenters. The van der Waals surface area contributed by atoms with Gasteiger partial charge >= 0.3 is 5.97 Å². The molecule has 7 heteroatoms. The largest absolute Gasteiger partial charge is 0.481 e. The quantitative estimate of drug-likeness (QED) is 0.879. The van der Waals surface area contributed by atoms with Crippen LogP contribution in [0, 0.1) is 12.8 Å². The van der Waals surface area contributed by atoms with Gasteiger partial charge in [-0.15, -0.1) is 12.4 Å². The van der Waals surface area contributed by atoms with Crippen molar-refractivity contribution in [3.05, 3.63) is 28.8 Å². The highest BCUT2D eigenvalue weighted by Crippen LogP contribution is 2.20. The zero-order valence-corrected chi connectivity index (χ0v) is 13.9. The first-order valence-electron chi connectivity index (χ1n) is 6.97. The van der Waals surface area contributed by atoms with Gasteiger partial charge in [-0.2, -0.15) is 0 Å². The first kappa shape index (κ1) is 18.7. The van der Waals surface area contributed by atoms with Gasteiger partial charge in [0.1, 0.15) is 0 Å². The number of aryl methyl sites for hydroxylation is 1. The lowest BCUT2D eigenvalue weighted by atomic mass is 9.97. The van der Waals surface area contributed by atoms with Crippen LogP contribution in [0.2, 0.25) is 5.02 Å². The van der Waals surface area contributed by atoms with E-state index in [1.54, 1.807) is 6.07 Å². The van der Waals surface area contributed by atoms with Crippen molar-refractivity contribution in [1.82, 2.24) is 4.90 Å². The minimum Gasteiger partial charge on any atom is -0.481 e. The number of hydrogen-bond donors (Lipinski definition) is 2. The van der Waals surface area contributed by atoms with Crippen LogP contribution in [0.5, 0.6) is 0 Å². The molecule has 0 spiro atoms. The molecule has 122 valence electrons. The molecule has 1 amide bonds. The summed E-state index contributed by atoms with van der Waals surface area (Å²) in [4.78, 5) is 24.8. The minimum atomic E-state index is -0.742. The topological polar surface area (TPSA) is 69.6 Å². The Morgan fingerprint density at radius 2 is 2.00 bits per heavy atom. The van der Waals surface area contributed by atoms with Crippen molar-refractivity contribution >= 4 is 41.6 Å². The van der Waals surface area contributed by atoms with Crippen LogP contribution in [0.3, 0.4) is 0 Å². The van der Waals surface area contributed by atoms with Crippen LogP contribution >= 0.6 is 24.0 Å². The molecule has 0 radical (unpaired) electrons. The Bertz CT molecular complexity index is 544. The number of benzene rings is 1. The number of amides is 1. The van der Waals surface area contributed by atoms with Gasteiger partial charge in [0.05, 0.1) is 12.5 Å². The Hall–Kier alpha value is -1.30. The molecule has 2 N–H and O–H groups in total. The van der Waals surface area contributed by atoms with Crippen LogP contribution in [-0.2, 0) is 9.59 Å². The lowest BCUT2D eigenvalue weighted by Crippen LogP contribution is -2.40. The highest BCUT2D eigenvalue weighted by Gasteiger charge is 2.25. The van der Waals surface area contributed by atoms with Gasteiger partial charge in [0, 0.05) is 10.7 Å². The molecular weight excluding hydrogens is 327 g/mol. The van der Waals surface area contributed by atoms with E-state index in [-0.39, 0.29) is 30.8 Å². The predicted octanol–water partition coefficient (Wildman–Crippen LogP) is 2.81. The van der Waals surface area contributed by atoms with Crippen molar-refractivity contribution in [2.45, 2.75) is 19.8 Å². The van der Waals surface area contributed by atoms with Gasteiger partial charge < -0.3 is 10.4 Å². The smallest absolute Gasteiger partial charge is 0.306 e. The van der Waals surface area contributed by atoms with Gasteiger partial charge in [-0.05, 0) is 50.6 Å². The van der Waals surface area contributed by atoms with E-state index in [2.05, 4.69) is 5.32 Å². The molecule has 1 aliphatic heterocycles. The number of carbonyl (C=O) groups is 2. The van der Waals surface area contributed by atoms with Crippen molar-refractivity contribution in [1.29, 1.82) is 0 Å². The number of piperidine rings is 1. The van der Waals surface area contributed by atoms with Gasteiger partial charge in [0.2, 0.25) is 5.91 Å². The zero-order chi connectivity index (χ0) is 15.4. The maximum Gasteiger partial charge on any atom is 0.306 e. The van der Waals surface area contributed by atoms with Gasteiger partial charge in [-0.1, -0.05) is 17.7 Å². The number of carboxylic acids is 1. The number of nitrogens with zero attached hydrogens (tertiary/aromatic N) is 1. The van der Waals surface area contributed by atoms with E-state index in [1.807, 2.05) is 24.0 Å². The molecule has 1 aromatic carbocycles. The van der Waals surface area contributed by atoms with Gasteiger partial charge in [-0.3, -0.25) is 14.5 Å². The first-order valence-corrected chi connectivity index (χ1v) is 7.34. The fraction of sp³-hybridized carbons (Fsp3) is 0.467. The number of aliphatic carboxylic acids is 1. The Balaban J connectivity index is 0.00000242. The lowest BCUT2D eigenvalue weighted by molar-refractivity contribution is -0.143. The summed E-state index contributed by atoms with van der Waals surface area (Å²) >= 11 is 6.02. The zero-order valence-electron chi connectivity index (χ0n) is 12.3. The normalized spacial score (nSPS) is 15.9. The molecule has 1 heterocycles. The van der Waals surface area contributed by atoms with Crippen molar-refractivity contribution in [2.75, 3.05) is 25.0 Å². The third-order valence-electron chi connectivity index (χ3n) is 3.76. The Kier molecular flexibility index (Phi) is 7.13. The first-order chi connectivity index (χ1) is 9.95. The van der Waals surface area contributed by atoms with Crippen LogP contribution in [0.1, 0.15) is 18.4 Å². The van der Waals surface area contributed by atoms with Crippen LogP contribution in [0.15, 0.2) is 18.2 Å². The number of carboxylic acid groups (broad SMARTS) is 1. The number of rotatable bonds is 4. The van der Waals surface area contributed by atoms with Gasteiger partial charge in [0.15, 0.2) is 0 Å². The molecule has 0 aromatic heterocycles. The van der Waals surface area contributed by atoms with Crippen LogP contribution in [0.25, 0.3) is 0 Å². The number of hydrogen-bond acceptors (Lipinski definition) is 3. The Morgan fingerprint density at radius 3 is 2.55 bits per heavy atom. The van der Waals surface area contributed by atoms with Crippen LogP contribution in [0.4, 0.5) is 5.69 Å². The number of anilines is 1. The second-order valence-corrected chi connectivity index (χ2v) is 5.81. The summed E-state index contributed by atoms with van der Waals surface area (Å²) in [5.41, 5.74) is 1.64. The molecule has 0 unspecified atom stereocenters. The molecule has 0 saturated carbocycles. The molecule has 22 heavy (non-hydrogen) atoms. The van der Waals surface area contributed by atoms with Gasteiger partial charge in [0.25, 0.3) is 0 Å². The summed E-state index contributed by atoms with van der Waals surface area (Å²) in [6.07, 6.45) is 1.19. The molecule has 1 fully saturated rings. The van der Waals surface area contributed by atoms with E-state index in [0.717, 1.165) is 5.56 Å². The third kappa shape index (κ3) is 5.16. The molecule has 2 rings (SSSR count). The van der Waals surface area contributed by atoms with E-state index < -0.39 is 5.97 Å². The van der Waals surface area contributed by atoms with E-state index >= 15 is 0 Å². The molecule has 1 aliphatic rings. The average molecular weight is 347 g/mol. The molecule has 1 aromatic rings. The fourth-order valence-electron chi connectivity index (χ4n) is 2.41. The van der Waals surface area contributed by atoms with Crippen molar-refractivity contribution in [2.24, 2.45) is 5.92 Å². The van der Waals surface area contributed by atoms with Crippen molar-refractivity contribution in [3.8, 4) is 0 Å². The minimum absolute atomic E-state index is 0. The molecule has 5 nitrogen and oxygen atoms in total. The number of likely N-dealkylation sites (tertiary alicyclic amines) is 1. The molecular formula is C15H20Cl2N2O3. The summed E-state index contributed by atoms with van der Waals surface area (Å²) in [6, 6.07) is 5.40. The molecule has 0 bridgehead atoms. The van der Waals surface area contributed by atoms with E-state index in [0.29, 0.717) is 36.6 Å². The highest BCUT2D eigenvalue weighted by molar-refractivity contribution is 6.31. The van der Waals surface area contributed by atoms with Crippen molar-refractivity contribution < 1.29 is 14.7 Å². The van der Waals surface area contributed by atoms with E-state index in [4.69, 9.17) is 16.7 Å². The average Bonchev–Trinajstić information content (AvgIpc) is 2.43. The monoisotopic (exact) mass is 346 g/mol. The highest BCUT2D eigenvalue weighted by atomic mass is 35.5. The maximum absolute atomic E-state index is 12.0. The summed E-state index contributed by atoms with van der Waals surface area (Å²) in [5.74, 6) is -1.13. The second-order valence-electron chi connectivity index (χ2n) is 5.40. The Morgan fingerprint density at radius 1 is 1.36 bits per heavy atom.